The molecule has 180 valence electrons. The van der Waals surface area contributed by atoms with Gasteiger partial charge in [-0.25, -0.2) is 0 Å². The molecule has 34 heavy (non-hydrogen) atoms. The van der Waals surface area contributed by atoms with Crippen molar-refractivity contribution < 1.29 is 24.4 Å². The Kier molecular flexibility index (Phi) is 8.49. The van der Waals surface area contributed by atoms with Crippen molar-refractivity contribution in [3.8, 4) is 5.75 Å². The third-order valence-electron chi connectivity index (χ3n) is 5.79. The van der Waals surface area contributed by atoms with Crippen LogP contribution in [0.4, 0.5) is 0 Å². The molecule has 0 bridgehead atoms. The molecule has 4 rings (SSSR count). The third-order valence-corrected chi connectivity index (χ3v) is 5.79. The molecule has 0 aliphatic carbocycles. The van der Waals surface area contributed by atoms with Crippen LogP contribution in [-0.4, -0.2) is 40.4 Å². The maximum Gasteiger partial charge on any atom is 0.223 e. The number of nitrogens with zero attached hydrogens (tertiary/aromatic N) is 1. The minimum absolute atomic E-state index is 0.0754. The van der Waals surface area contributed by atoms with Crippen LogP contribution in [0.25, 0.3) is 0 Å². The topological polar surface area (TPSA) is 90.2 Å². The van der Waals surface area contributed by atoms with E-state index in [4.69, 9.17) is 14.2 Å². The van der Waals surface area contributed by atoms with Gasteiger partial charge in [0.2, 0.25) is 5.43 Å². The quantitative estimate of drug-likeness (QED) is 0.477. The van der Waals surface area contributed by atoms with Crippen LogP contribution in [0.15, 0.2) is 77.7 Å². The lowest BCUT2D eigenvalue weighted by Crippen LogP contribution is -2.30. The molecule has 1 aliphatic heterocycles. The number of aliphatic hydroxyl groups is 2. The van der Waals surface area contributed by atoms with Gasteiger partial charge in [-0.05, 0) is 30.4 Å². The summed E-state index contributed by atoms with van der Waals surface area (Å²) < 4.78 is 20.1. The highest BCUT2D eigenvalue weighted by atomic mass is 16.7. The predicted octanol–water partition coefficient (Wildman–Crippen LogP) is 3.41. The van der Waals surface area contributed by atoms with Crippen LogP contribution in [0.5, 0.6) is 5.75 Å². The molecule has 7 nitrogen and oxygen atoms in total. The second kappa shape index (κ2) is 11.9. The van der Waals surface area contributed by atoms with E-state index in [0.717, 1.165) is 30.4 Å². The van der Waals surface area contributed by atoms with Crippen LogP contribution in [-0.2, 0) is 22.6 Å². The van der Waals surface area contributed by atoms with Crippen LogP contribution in [0.1, 0.15) is 42.2 Å². The molecule has 3 atom stereocenters. The summed E-state index contributed by atoms with van der Waals surface area (Å²) >= 11 is 0. The van der Waals surface area contributed by atoms with E-state index >= 15 is 0 Å². The molecule has 2 heterocycles. The number of aliphatic hydroxyl groups excluding tert-OH is 2. The van der Waals surface area contributed by atoms with Gasteiger partial charge in [0.25, 0.3) is 0 Å². The maximum atomic E-state index is 13.1. The molecule has 2 aromatic carbocycles. The Bertz CT molecular complexity index is 1080. The van der Waals surface area contributed by atoms with Gasteiger partial charge in [0.15, 0.2) is 12.0 Å². The zero-order valence-electron chi connectivity index (χ0n) is 19.1. The van der Waals surface area contributed by atoms with Gasteiger partial charge in [-0.1, -0.05) is 60.7 Å². The molecule has 3 unspecified atom stereocenters. The van der Waals surface area contributed by atoms with Crippen LogP contribution in [0.2, 0.25) is 0 Å². The number of ether oxygens (including phenoxy) is 3. The highest BCUT2D eigenvalue weighted by Gasteiger charge is 2.29. The van der Waals surface area contributed by atoms with Crippen molar-refractivity contribution in [2.45, 2.75) is 50.9 Å². The van der Waals surface area contributed by atoms with Crippen molar-refractivity contribution >= 4 is 0 Å². The van der Waals surface area contributed by atoms with Crippen LogP contribution in [0.3, 0.4) is 0 Å². The second-order valence-electron chi connectivity index (χ2n) is 8.38. The number of rotatable bonds is 10. The van der Waals surface area contributed by atoms with Gasteiger partial charge >= 0.3 is 0 Å². The Labute approximate surface area is 199 Å². The third kappa shape index (κ3) is 6.12. The molecular weight excluding hydrogens is 434 g/mol. The monoisotopic (exact) mass is 465 g/mol. The van der Waals surface area contributed by atoms with E-state index in [9.17, 15) is 15.0 Å². The standard InChI is InChI=1S/C27H31NO6/c29-18-22(30)17-28-15-14-23(31)27(33-19-20-9-3-1-4-10-20)25(28)26(21-11-5-2-6-12-21)34-24-13-7-8-16-32-24/h1-6,9-12,14-15,22,24,26,29-30H,7-8,13,16-19H2. The Balaban J connectivity index is 1.78. The van der Waals surface area contributed by atoms with Crippen molar-refractivity contribution in [3.05, 3.63) is 100.0 Å². The van der Waals surface area contributed by atoms with E-state index < -0.39 is 25.1 Å². The summed E-state index contributed by atoms with van der Waals surface area (Å²) in [6.45, 7) is 0.492. The first-order chi connectivity index (χ1) is 16.7. The van der Waals surface area contributed by atoms with E-state index in [1.54, 1.807) is 10.8 Å². The van der Waals surface area contributed by atoms with Gasteiger partial charge < -0.3 is 29.0 Å². The molecule has 0 amide bonds. The summed E-state index contributed by atoms with van der Waals surface area (Å²) in [5.74, 6) is 0.154. The number of benzene rings is 2. The van der Waals surface area contributed by atoms with E-state index in [-0.39, 0.29) is 24.3 Å². The lowest BCUT2D eigenvalue weighted by atomic mass is 10.0. The Morgan fingerprint density at radius 1 is 1.03 bits per heavy atom. The zero-order chi connectivity index (χ0) is 23.8. The Morgan fingerprint density at radius 3 is 2.44 bits per heavy atom. The smallest absolute Gasteiger partial charge is 0.223 e. The predicted molar refractivity (Wildman–Crippen MR) is 128 cm³/mol. The first-order valence-corrected chi connectivity index (χ1v) is 11.7. The molecule has 0 radical (unpaired) electrons. The Morgan fingerprint density at radius 2 is 1.76 bits per heavy atom. The molecule has 1 fully saturated rings. The minimum atomic E-state index is -1.01. The second-order valence-corrected chi connectivity index (χ2v) is 8.38. The number of pyridine rings is 1. The number of hydrogen-bond donors (Lipinski definition) is 2. The molecular formula is C27H31NO6. The van der Waals surface area contributed by atoms with Crippen LogP contribution in [0, 0.1) is 0 Å². The first-order valence-electron chi connectivity index (χ1n) is 11.7. The van der Waals surface area contributed by atoms with E-state index in [1.165, 1.54) is 6.07 Å². The summed E-state index contributed by atoms with van der Waals surface area (Å²) in [7, 11) is 0. The highest BCUT2D eigenvalue weighted by molar-refractivity contribution is 5.37. The molecule has 7 heteroatoms. The Hall–Kier alpha value is -2.97. The van der Waals surface area contributed by atoms with Crippen molar-refractivity contribution in [1.29, 1.82) is 0 Å². The first kappa shape index (κ1) is 24.2. The van der Waals surface area contributed by atoms with Gasteiger partial charge in [-0.15, -0.1) is 0 Å². The summed E-state index contributed by atoms with van der Waals surface area (Å²) in [6.07, 6.45) is 2.23. The average Bonchev–Trinajstić information content (AvgIpc) is 2.89. The molecule has 2 N–H and O–H groups in total. The van der Waals surface area contributed by atoms with E-state index in [2.05, 4.69) is 0 Å². The fourth-order valence-corrected chi connectivity index (χ4v) is 4.06. The fraction of sp³-hybridized carbons (Fsp3) is 0.370. The largest absolute Gasteiger partial charge is 0.483 e. The maximum absolute atomic E-state index is 13.1. The van der Waals surface area contributed by atoms with Gasteiger partial charge in [-0.3, -0.25) is 4.79 Å². The summed E-state index contributed by atoms with van der Waals surface area (Å²) in [5, 5.41) is 19.7. The van der Waals surface area contributed by atoms with Crippen molar-refractivity contribution in [2.24, 2.45) is 0 Å². The van der Waals surface area contributed by atoms with Crippen molar-refractivity contribution in [2.75, 3.05) is 13.2 Å². The fourth-order valence-electron chi connectivity index (χ4n) is 4.06. The van der Waals surface area contributed by atoms with Crippen LogP contribution < -0.4 is 10.2 Å². The molecule has 3 aromatic rings. The lowest BCUT2D eigenvalue weighted by Gasteiger charge is -2.31. The summed E-state index contributed by atoms with van der Waals surface area (Å²) in [5.41, 5.74) is 1.96. The molecule has 0 spiro atoms. The lowest BCUT2D eigenvalue weighted by molar-refractivity contribution is -0.183. The number of hydrogen-bond acceptors (Lipinski definition) is 6. The van der Waals surface area contributed by atoms with Crippen molar-refractivity contribution in [1.82, 2.24) is 4.57 Å². The average molecular weight is 466 g/mol. The molecule has 1 aliphatic rings. The molecule has 1 aromatic heterocycles. The summed E-state index contributed by atoms with van der Waals surface area (Å²) in [4.78, 5) is 13.1. The number of aromatic nitrogens is 1. The van der Waals surface area contributed by atoms with Gasteiger partial charge in [-0.2, -0.15) is 0 Å². The van der Waals surface area contributed by atoms with Crippen molar-refractivity contribution in [3.63, 3.8) is 0 Å². The van der Waals surface area contributed by atoms with Gasteiger partial charge in [0, 0.05) is 18.9 Å². The summed E-state index contributed by atoms with van der Waals surface area (Å²) in [6, 6.07) is 20.6. The van der Waals surface area contributed by atoms with Gasteiger partial charge in [0.1, 0.15) is 12.7 Å². The van der Waals surface area contributed by atoms with Crippen LogP contribution >= 0.6 is 0 Å². The normalized spacial score (nSPS) is 17.8. The molecule has 0 saturated carbocycles. The van der Waals surface area contributed by atoms with Gasteiger partial charge in [0.05, 0.1) is 24.9 Å². The SMILES string of the molecule is O=c1ccn(CC(O)CO)c(C(OC2CCCCO2)c2ccccc2)c1OCc1ccccc1. The minimum Gasteiger partial charge on any atom is -0.483 e. The van der Waals surface area contributed by atoms with E-state index in [0.29, 0.717) is 12.3 Å². The zero-order valence-corrected chi connectivity index (χ0v) is 19.1. The molecule has 1 saturated heterocycles. The van der Waals surface area contributed by atoms with E-state index in [1.807, 2.05) is 60.7 Å². The highest BCUT2D eigenvalue weighted by Crippen LogP contribution is 2.34.